The first-order valence-electron chi connectivity index (χ1n) is 11.6. The third-order valence-corrected chi connectivity index (χ3v) is 7.94. The predicted molar refractivity (Wildman–Crippen MR) is 126 cm³/mol. The van der Waals surface area contributed by atoms with Crippen molar-refractivity contribution in [2.75, 3.05) is 27.3 Å². The number of fused-ring (bicyclic) bond motifs is 1. The Hall–Kier alpha value is -2.57. The zero-order valence-electron chi connectivity index (χ0n) is 20.1. The molecule has 2 aliphatic rings. The fourth-order valence-electron chi connectivity index (χ4n) is 6.06. The van der Waals surface area contributed by atoms with E-state index in [-0.39, 0.29) is 29.1 Å². The molecule has 1 aliphatic carbocycles. The molecule has 178 valence electrons. The fraction of sp³-hybridized carbons (Fsp3) is 0.519. The minimum atomic E-state index is -1.50. The van der Waals surface area contributed by atoms with Gasteiger partial charge in [0, 0.05) is 30.1 Å². The minimum Gasteiger partial charge on any atom is -0.496 e. The Balaban J connectivity index is 1.70. The van der Waals surface area contributed by atoms with Gasteiger partial charge in [-0.3, -0.25) is 4.79 Å². The predicted octanol–water partition coefficient (Wildman–Crippen LogP) is 3.56. The molecule has 0 spiro atoms. The van der Waals surface area contributed by atoms with Crippen molar-refractivity contribution in [3.05, 3.63) is 59.7 Å². The molecule has 0 radical (unpaired) electrons. The number of likely N-dealkylation sites (tertiary alicyclic amines) is 1. The van der Waals surface area contributed by atoms with Gasteiger partial charge in [-0.15, -0.1) is 0 Å². The largest absolute Gasteiger partial charge is 0.496 e. The van der Waals surface area contributed by atoms with Crippen LogP contribution in [0.15, 0.2) is 48.5 Å². The highest BCUT2D eigenvalue weighted by atomic mass is 16.5. The summed E-state index contributed by atoms with van der Waals surface area (Å²) in [5.74, 6) is 0.571. The number of carbonyl (C=O) groups excluding carboxylic acids is 1. The topological polar surface area (TPSA) is 79.2 Å². The monoisotopic (exact) mass is 453 g/mol. The number of methoxy groups -OCH3 is 2. The molecule has 2 aromatic rings. The van der Waals surface area contributed by atoms with Gasteiger partial charge in [-0.25, -0.2) is 0 Å². The van der Waals surface area contributed by atoms with E-state index in [4.69, 9.17) is 9.47 Å². The van der Waals surface area contributed by atoms with Crippen LogP contribution in [-0.2, 0) is 10.4 Å². The van der Waals surface area contributed by atoms with Gasteiger partial charge in [0.15, 0.2) is 0 Å². The van der Waals surface area contributed by atoms with Crippen LogP contribution in [0.5, 0.6) is 11.5 Å². The summed E-state index contributed by atoms with van der Waals surface area (Å²) >= 11 is 0. The van der Waals surface area contributed by atoms with E-state index >= 15 is 0 Å². The molecule has 1 aliphatic heterocycles. The average molecular weight is 454 g/mol. The Morgan fingerprint density at radius 3 is 2.24 bits per heavy atom. The first-order chi connectivity index (χ1) is 15.6. The molecular formula is C27H35NO5. The zero-order valence-corrected chi connectivity index (χ0v) is 20.1. The van der Waals surface area contributed by atoms with Crippen molar-refractivity contribution < 1.29 is 24.5 Å². The van der Waals surface area contributed by atoms with Crippen molar-refractivity contribution in [3.8, 4) is 11.5 Å². The van der Waals surface area contributed by atoms with Crippen molar-refractivity contribution in [2.24, 2.45) is 17.3 Å². The fourth-order valence-corrected chi connectivity index (χ4v) is 6.06. The molecule has 1 amide bonds. The van der Waals surface area contributed by atoms with E-state index in [1.165, 1.54) is 0 Å². The summed E-state index contributed by atoms with van der Waals surface area (Å²) in [5, 5.41) is 23.3. The number of nitrogens with zero attached hydrogens (tertiary/aromatic N) is 1. The Morgan fingerprint density at radius 1 is 1.00 bits per heavy atom. The van der Waals surface area contributed by atoms with Gasteiger partial charge in [-0.05, 0) is 36.8 Å². The van der Waals surface area contributed by atoms with E-state index in [0.717, 1.165) is 5.56 Å². The lowest BCUT2D eigenvalue weighted by molar-refractivity contribution is -0.182. The Morgan fingerprint density at radius 2 is 1.58 bits per heavy atom. The lowest BCUT2D eigenvalue weighted by Crippen LogP contribution is -2.57. The third kappa shape index (κ3) is 3.79. The number of ether oxygens (including phenoxy) is 2. The molecule has 5 unspecified atom stereocenters. The van der Waals surface area contributed by atoms with Crippen LogP contribution in [0.2, 0.25) is 0 Å². The Kier molecular flexibility index (Phi) is 6.18. The molecule has 1 saturated heterocycles. The van der Waals surface area contributed by atoms with Crippen molar-refractivity contribution in [1.29, 1.82) is 0 Å². The number of carbonyl (C=O) groups is 1. The van der Waals surface area contributed by atoms with Crippen LogP contribution in [0.1, 0.15) is 44.2 Å². The number of amides is 1. The molecule has 2 N–H and O–H groups in total. The van der Waals surface area contributed by atoms with Gasteiger partial charge < -0.3 is 24.6 Å². The third-order valence-electron chi connectivity index (χ3n) is 7.94. The van der Waals surface area contributed by atoms with Crippen LogP contribution in [0, 0.1) is 17.3 Å². The zero-order chi connectivity index (χ0) is 24.0. The maximum absolute atomic E-state index is 13.6. The Bertz CT molecular complexity index is 1020. The second-order valence-electron chi connectivity index (χ2n) is 10.2. The maximum atomic E-state index is 13.6. The van der Waals surface area contributed by atoms with Gasteiger partial charge in [-0.2, -0.15) is 0 Å². The highest BCUT2D eigenvalue weighted by Gasteiger charge is 2.61. The quantitative estimate of drug-likeness (QED) is 0.724. The van der Waals surface area contributed by atoms with Crippen molar-refractivity contribution in [3.63, 3.8) is 0 Å². The van der Waals surface area contributed by atoms with Crippen LogP contribution in [0.25, 0.3) is 0 Å². The number of hydrogen-bond donors (Lipinski definition) is 2. The second kappa shape index (κ2) is 8.65. The number of para-hydroxylation sites is 2. The first kappa shape index (κ1) is 23.6. The summed E-state index contributed by atoms with van der Waals surface area (Å²) < 4.78 is 11.0. The smallest absolute Gasteiger partial charge is 0.229 e. The van der Waals surface area contributed by atoms with Crippen LogP contribution in [-0.4, -0.2) is 54.4 Å². The summed E-state index contributed by atoms with van der Waals surface area (Å²) in [5.41, 5.74) is -0.312. The summed E-state index contributed by atoms with van der Waals surface area (Å²) in [6, 6.07) is 14.9. The molecule has 0 bridgehead atoms. The lowest BCUT2D eigenvalue weighted by Gasteiger charge is -2.52. The highest BCUT2D eigenvalue weighted by Crippen LogP contribution is 2.57. The SMILES string of the molecule is COc1ccccc1C(C)C(=O)N1CC2C(C1)C(O)(c1ccccc1OC)C(O)CC2(C)C. The number of hydrogen-bond acceptors (Lipinski definition) is 5. The van der Waals surface area contributed by atoms with E-state index in [0.29, 0.717) is 36.6 Å². The molecule has 5 atom stereocenters. The van der Waals surface area contributed by atoms with Gasteiger partial charge >= 0.3 is 0 Å². The van der Waals surface area contributed by atoms with Crippen molar-refractivity contribution in [2.45, 2.75) is 44.8 Å². The number of aliphatic hydroxyl groups is 2. The second-order valence-corrected chi connectivity index (χ2v) is 10.2. The molecular weight excluding hydrogens is 418 g/mol. The standard InChI is InChI=1S/C27H35NO5/c1-17(18-10-6-8-12-22(18)32-4)25(30)28-15-20-21(16-28)27(31,24(29)14-26(20,2)3)19-11-7-9-13-23(19)33-5/h6-13,17,20-21,24,29,31H,14-16H2,1-5H3. The number of rotatable bonds is 5. The van der Waals surface area contributed by atoms with Gasteiger partial charge in [0.2, 0.25) is 5.91 Å². The first-order valence-corrected chi connectivity index (χ1v) is 11.6. The summed E-state index contributed by atoms with van der Waals surface area (Å²) in [7, 11) is 3.18. The maximum Gasteiger partial charge on any atom is 0.229 e. The number of aliphatic hydroxyl groups excluding tert-OH is 1. The molecule has 0 aromatic heterocycles. The van der Waals surface area contributed by atoms with Crippen LogP contribution in [0.4, 0.5) is 0 Å². The van der Waals surface area contributed by atoms with Crippen molar-refractivity contribution in [1.82, 2.24) is 4.90 Å². The lowest BCUT2D eigenvalue weighted by atomic mass is 9.56. The normalized spacial score (nSPS) is 29.3. The van der Waals surface area contributed by atoms with Crippen LogP contribution >= 0.6 is 0 Å². The molecule has 33 heavy (non-hydrogen) atoms. The van der Waals surface area contributed by atoms with E-state index in [2.05, 4.69) is 13.8 Å². The average Bonchev–Trinajstić information content (AvgIpc) is 3.29. The molecule has 1 saturated carbocycles. The van der Waals surface area contributed by atoms with Gasteiger partial charge in [-0.1, -0.05) is 50.2 Å². The van der Waals surface area contributed by atoms with E-state index in [1.54, 1.807) is 20.3 Å². The summed E-state index contributed by atoms with van der Waals surface area (Å²) in [4.78, 5) is 15.5. The van der Waals surface area contributed by atoms with Gasteiger partial charge in [0.05, 0.1) is 26.2 Å². The van der Waals surface area contributed by atoms with E-state index in [1.807, 2.05) is 54.3 Å². The van der Waals surface area contributed by atoms with E-state index in [9.17, 15) is 15.0 Å². The molecule has 6 heteroatoms. The number of benzene rings is 2. The molecule has 1 heterocycles. The summed E-state index contributed by atoms with van der Waals surface area (Å²) in [6.07, 6.45) is -0.529. The van der Waals surface area contributed by atoms with Gasteiger partial charge in [0.1, 0.15) is 17.1 Å². The van der Waals surface area contributed by atoms with Crippen LogP contribution in [0.3, 0.4) is 0 Å². The van der Waals surface area contributed by atoms with Crippen molar-refractivity contribution >= 4 is 5.91 Å². The van der Waals surface area contributed by atoms with Crippen LogP contribution < -0.4 is 9.47 Å². The molecule has 6 nitrogen and oxygen atoms in total. The molecule has 2 fully saturated rings. The highest BCUT2D eigenvalue weighted by molar-refractivity contribution is 5.84. The molecule has 2 aromatic carbocycles. The minimum absolute atomic E-state index is 0.00145. The molecule has 4 rings (SSSR count). The Labute approximate surface area is 196 Å². The van der Waals surface area contributed by atoms with E-state index < -0.39 is 11.7 Å². The van der Waals surface area contributed by atoms with Gasteiger partial charge in [0.25, 0.3) is 0 Å². The summed E-state index contributed by atoms with van der Waals surface area (Å²) in [6.45, 7) is 7.05.